The molecule has 0 fully saturated rings. The lowest BCUT2D eigenvalue weighted by Crippen LogP contribution is -2.39. The second-order valence-electron chi connectivity index (χ2n) is 5.05. The van der Waals surface area contributed by atoms with E-state index in [0.717, 1.165) is 5.56 Å². The van der Waals surface area contributed by atoms with Gasteiger partial charge in [-0.1, -0.05) is 54.1 Å². The number of carbonyl (C=O) groups is 2. The molecule has 5 nitrogen and oxygen atoms in total. The second kappa shape index (κ2) is 8.93. The van der Waals surface area contributed by atoms with Gasteiger partial charge in [0.1, 0.15) is 18.9 Å². The van der Waals surface area contributed by atoms with Crippen LogP contribution >= 0.6 is 11.6 Å². The van der Waals surface area contributed by atoms with Gasteiger partial charge in [0.05, 0.1) is 5.02 Å². The van der Waals surface area contributed by atoms with E-state index in [1.54, 1.807) is 31.2 Å². The zero-order valence-corrected chi connectivity index (χ0v) is 14.0. The molecular formula is C18H18ClNO4. The standard InChI is InChI=1S/C18H18ClNO4/c1-13(24-16-10-6-5-9-15(16)19)18(22)20-11-17(21)23-12-14-7-3-2-4-8-14/h2-10,13H,11-12H2,1H3,(H,20,22). The summed E-state index contributed by atoms with van der Waals surface area (Å²) in [6.07, 6.45) is -0.785. The van der Waals surface area contributed by atoms with Gasteiger partial charge in [-0.25, -0.2) is 0 Å². The molecule has 1 atom stereocenters. The lowest BCUT2D eigenvalue weighted by molar-refractivity contribution is -0.145. The van der Waals surface area contributed by atoms with Crippen molar-refractivity contribution in [1.82, 2.24) is 5.32 Å². The monoisotopic (exact) mass is 347 g/mol. The molecule has 2 aromatic rings. The summed E-state index contributed by atoms with van der Waals surface area (Å²) >= 11 is 5.97. The summed E-state index contributed by atoms with van der Waals surface area (Å²) < 4.78 is 10.6. The molecule has 126 valence electrons. The maximum atomic E-state index is 12.0. The molecule has 1 unspecified atom stereocenters. The van der Waals surface area contributed by atoms with Gasteiger partial charge in [0.2, 0.25) is 0 Å². The van der Waals surface area contributed by atoms with Crippen LogP contribution in [0.2, 0.25) is 5.02 Å². The summed E-state index contributed by atoms with van der Waals surface area (Å²) in [6.45, 7) is 1.52. The van der Waals surface area contributed by atoms with Gasteiger partial charge in [0, 0.05) is 0 Å². The smallest absolute Gasteiger partial charge is 0.325 e. The number of hydrogen-bond acceptors (Lipinski definition) is 4. The summed E-state index contributed by atoms with van der Waals surface area (Å²) in [6, 6.07) is 16.2. The Labute approximate surface area is 145 Å². The number of amides is 1. The molecule has 6 heteroatoms. The van der Waals surface area contributed by atoms with E-state index in [4.69, 9.17) is 21.1 Å². The summed E-state index contributed by atoms with van der Waals surface area (Å²) in [4.78, 5) is 23.6. The molecule has 0 aromatic heterocycles. The highest BCUT2D eigenvalue weighted by molar-refractivity contribution is 6.32. The van der Waals surface area contributed by atoms with E-state index in [1.165, 1.54) is 0 Å². The average Bonchev–Trinajstić information content (AvgIpc) is 2.60. The van der Waals surface area contributed by atoms with Gasteiger partial charge in [-0.05, 0) is 24.6 Å². The maximum absolute atomic E-state index is 12.0. The number of nitrogens with one attached hydrogen (secondary N) is 1. The Morgan fingerprint density at radius 3 is 2.46 bits per heavy atom. The Morgan fingerprint density at radius 1 is 1.08 bits per heavy atom. The molecule has 1 N–H and O–H groups in total. The first-order chi connectivity index (χ1) is 11.6. The van der Waals surface area contributed by atoms with Crippen LogP contribution in [0.25, 0.3) is 0 Å². The molecular weight excluding hydrogens is 330 g/mol. The maximum Gasteiger partial charge on any atom is 0.325 e. The molecule has 24 heavy (non-hydrogen) atoms. The van der Waals surface area contributed by atoms with Crippen LogP contribution in [0.1, 0.15) is 12.5 Å². The van der Waals surface area contributed by atoms with E-state index in [2.05, 4.69) is 5.32 Å². The lowest BCUT2D eigenvalue weighted by Gasteiger charge is -2.15. The largest absolute Gasteiger partial charge is 0.479 e. The van der Waals surface area contributed by atoms with Crippen molar-refractivity contribution in [3.8, 4) is 5.75 Å². The summed E-state index contributed by atoms with van der Waals surface area (Å²) in [5, 5.41) is 2.89. The summed E-state index contributed by atoms with van der Waals surface area (Å²) in [5.74, 6) is -0.530. The lowest BCUT2D eigenvalue weighted by atomic mass is 10.2. The molecule has 0 spiro atoms. The Balaban J connectivity index is 1.73. The van der Waals surface area contributed by atoms with Crippen LogP contribution in [-0.4, -0.2) is 24.5 Å². The van der Waals surface area contributed by atoms with Gasteiger partial charge in [-0.15, -0.1) is 0 Å². The van der Waals surface area contributed by atoms with E-state index in [9.17, 15) is 9.59 Å². The van der Waals surface area contributed by atoms with Crippen molar-refractivity contribution in [2.45, 2.75) is 19.6 Å². The number of carbonyl (C=O) groups excluding carboxylic acids is 2. The predicted molar refractivity (Wildman–Crippen MR) is 90.8 cm³/mol. The number of halogens is 1. The van der Waals surface area contributed by atoms with Crippen LogP contribution < -0.4 is 10.1 Å². The molecule has 2 rings (SSSR count). The van der Waals surface area contributed by atoms with Crippen LogP contribution in [0.15, 0.2) is 54.6 Å². The highest BCUT2D eigenvalue weighted by Crippen LogP contribution is 2.24. The minimum atomic E-state index is -0.785. The van der Waals surface area contributed by atoms with E-state index in [-0.39, 0.29) is 13.2 Å². The zero-order chi connectivity index (χ0) is 17.4. The zero-order valence-electron chi connectivity index (χ0n) is 13.2. The van der Waals surface area contributed by atoms with Gasteiger partial charge >= 0.3 is 5.97 Å². The molecule has 2 aromatic carbocycles. The molecule has 0 radical (unpaired) electrons. The molecule has 1 amide bonds. The highest BCUT2D eigenvalue weighted by atomic mass is 35.5. The number of rotatable bonds is 7. The SMILES string of the molecule is CC(Oc1ccccc1Cl)C(=O)NCC(=O)OCc1ccccc1. The molecule has 0 bridgehead atoms. The molecule has 0 heterocycles. The van der Waals surface area contributed by atoms with Gasteiger partial charge < -0.3 is 14.8 Å². The van der Waals surface area contributed by atoms with Crippen LogP contribution in [-0.2, 0) is 20.9 Å². The number of benzene rings is 2. The average molecular weight is 348 g/mol. The van der Waals surface area contributed by atoms with Crippen molar-refractivity contribution < 1.29 is 19.1 Å². The minimum Gasteiger partial charge on any atom is -0.479 e. The fraction of sp³-hybridized carbons (Fsp3) is 0.222. The third-order valence-corrected chi connectivity index (χ3v) is 3.47. The fourth-order valence-electron chi connectivity index (χ4n) is 1.88. The van der Waals surface area contributed by atoms with Crippen molar-refractivity contribution >= 4 is 23.5 Å². The third-order valence-electron chi connectivity index (χ3n) is 3.16. The van der Waals surface area contributed by atoms with Crippen molar-refractivity contribution in [1.29, 1.82) is 0 Å². The van der Waals surface area contributed by atoms with E-state index < -0.39 is 18.0 Å². The number of ether oxygens (including phenoxy) is 2. The molecule has 0 aliphatic rings. The van der Waals surface area contributed by atoms with Crippen LogP contribution in [0.3, 0.4) is 0 Å². The molecule has 0 aliphatic carbocycles. The van der Waals surface area contributed by atoms with Crippen molar-refractivity contribution in [3.63, 3.8) is 0 Å². The summed E-state index contributed by atoms with van der Waals surface area (Å²) in [7, 11) is 0. The van der Waals surface area contributed by atoms with Crippen LogP contribution in [0.5, 0.6) is 5.75 Å². The molecule has 0 aliphatic heterocycles. The van der Waals surface area contributed by atoms with E-state index >= 15 is 0 Å². The van der Waals surface area contributed by atoms with Crippen LogP contribution in [0.4, 0.5) is 0 Å². The summed E-state index contributed by atoms with van der Waals surface area (Å²) in [5.41, 5.74) is 0.882. The second-order valence-corrected chi connectivity index (χ2v) is 5.46. The minimum absolute atomic E-state index is 0.168. The Hall–Kier alpha value is -2.53. The van der Waals surface area contributed by atoms with Crippen molar-refractivity contribution in [3.05, 3.63) is 65.2 Å². The number of esters is 1. The normalized spacial score (nSPS) is 11.4. The Kier molecular flexibility index (Phi) is 6.63. The predicted octanol–water partition coefficient (Wildman–Crippen LogP) is 2.97. The van der Waals surface area contributed by atoms with Gasteiger partial charge in [-0.2, -0.15) is 0 Å². The van der Waals surface area contributed by atoms with Crippen molar-refractivity contribution in [2.24, 2.45) is 0 Å². The fourth-order valence-corrected chi connectivity index (χ4v) is 2.06. The quantitative estimate of drug-likeness (QED) is 0.782. The topological polar surface area (TPSA) is 64.6 Å². The number of hydrogen-bond donors (Lipinski definition) is 1. The molecule has 0 saturated carbocycles. The Morgan fingerprint density at radius 2 is 1.75 bits per heavy atom. The first-order valence-electron chi connectivity index (χ1n) is 7.44. The number of para-hydroxylation sites is 1. The first-order valence-corrected chi connectivity index (χ1v) is 7.82. The third kappa shape index (κ3) is 5.59. The van der Waals surface area contributed by atoms with E-state index in [0.29, 0.717) is 10.8 Å². The highest BCUT2D eigenvalue weighted by Gasteiger charge is 2.17. The molecule has 0 saturated heterocycles. The van der Waals surface area contributed by atoms with Gasteiger partial charge in [-0.3, -0.25) is 9.59 Å². The van der Waals surface area contributed by atoms with Gasteiger partial charge in [0.25, 0.3) is 5.91 Å². The van der Waals surface area contributed by atoms with E-state index in [1.807, 2.05) is 30.3 Å². The first kappa shape index (κ1) is 17.8. The Bertz CT molecular complexity index is 690. The van der Waals surface area contributed by atoms with Crippen LogP contribution in [0, 0.1) is 0 Å². The van der Waals surface area contributed by atoms with Crippen molar-refractivity contribution in [2.75, 3.05) is 6.54 Å². The van der Waals surface area contributed by atoms with Gasteiger partial charge in [0.15, 0.2) is 6.10 Å².